The molecular weight excluding hydrogens is 240 g/mol. The number of aliphatic hydroxyl groups excluding tert-OH is 1. The van der Waals surface area contributed by atoms with Gasteiger partial charge in [0.2, 0.25) is 0 Å². The molecule has 1 aliphatic rings. The van der Waals surface area contributed by atoms with E-state index in [0.29, 0.717) is 19.7 Å². The summed E-state index contributed by atoms with van der Waals surface area (Å²) < 4.78 is 5.41. The van der Waals surface area contributed by atoms with E-state index in [2.05, 4.69) is 5.32 Å². The van der Waals surface area contributed by atoms with Crippen LogP contribution < -0.4 is 5.32 Å². The highest BCUT2D eigenvalue weighted by molar-refractivity contribution is 5.82. The molecule has 0 spiro atoms. The third kappa shape index (κ3) is 4.50. The Hall–Kier alpha value is -1.34. The van der Waals surface area contributed by atoms with Crippen LogP contribution in [0, 0.1) is 0 Å². The summed E-state index contributed by atoms with van der Waals surface area (Å²) in [6.45, 7) is 3.17. The summed E-state index contributed by atoms with van der Waals surface area (Å²) in [5.74, 6) is -1.14. The van der Waals surface area contributed by atoms with E-state index in [9.17, 15) is 9.59 Å². The molecule has 3 N–H and O–H groups in total. The van der Waals surface area contributed by atoms with Crippen LogP contribution in [0.2, 0.25) is 0 Å². The van der Waals surface area contributed by atoms with Crippen molar-refractivity contribution in [3.63, 3.8) is 0 Å². The van der Waals surface area contributed by atoms with Gasteiger partial charge in [0.05, 0.1) is 6.10 Å². The Kier molecular flexibility index (Phi) is 5.87. The molecule has 0 aliphatic carbocycles. The smallest absolute Gasteiger partial charge is 0.326 e. The number of hydrogen-bond donors (Lipinski definition) is 3. The van der Waals surface area contributed by atoms with Crippen LogP contribution >= 0.6 is 0 Å². The molecule has 1 saturated heterocycles. The molecule has 0 bridgehead atoms. The predicted octanol–water partition coefficient (Wildman–Crippen LogP) is -0.358. The molecule has 1 unspecified atom stereocenters. The second-order valence-corrected chi connectivity index (χ2v) is 4.33. The van der Waals surface area contributed by atoms with Crippen molar-refractivity contribution >= 4 is 12.0 Å². The van der Waals surface area contributed by atoms with Crippen molar-refractivity contribution in [2.24, 2.45) is 0 Å². The number of nitrogens with one attached hydrogen (secondary N) is 1. The fourth-order valence-corrected chi connectivity index (χ4v) is 1.81. The van der Waals surface area contributed by atoms with Gasteiger partial charge in [0, 0.05) is 32.7 Å². The molecule has 0 aromatic carbocycles. The fraction of sp³-hybridized carbons (Fsp3) is 0.818. The number of carbonyl (C=O) groups excluding carboxylic acids is 1. The second-order valence-electron chi connectivity index (χ2n) is 4.33. The van der Waals surface area contributed by atoms with Gasteiger partial charge in [-0.15, -0.1) is 0 Å². The van der Waals surface area contributed by atoms with Crippen LogP contribution in [0.15, 0.2) is 0 Å². The van der Waals surface area contributed by atoms with Gasteiger partial charge < -0.3 is 25.2 Å². The predicted molar refractivity (Wildman–Crippen MR) is 63.3 cm³/mol. The van der Waals surface area contributed by atoms with Crippen LogP contribution in [0.25, 0.3) is 0 Å². The topological polar surface area (TPSA) is 99.1 Å². The Morgan fingerprint density at radius 3 is 2.89 bits per heavy atom. The van der Waals surface area contributed by atoms with Crippen LogP contribution in [0.4, 0.5) is 4.79 Å². The Morgan fingerprint density at radius 1 is 1.56 bits per heavy atom. The van der Waals surface area contributed by atoms with Gasteiger partial charge in [-0.05, 0) is 13.3 Å². The highest BCUT2D eigenvalue weighted by Gasteiger charge is 2.24. The lowest BCUT2D eigenvalue weighted by atomic mass is 10.2. The highest BCUT2D eigenvalue weighted by atomic mass is 16.5. The number of amides is 2. The summed E-state index contributed by atoms with van der Waals surface area (Å²) in [4.78, 5) is 24.3. The Balaban J connectivity index is 2.53. The van der Waals surface area contributed by atoms with Crippen LogP contribution in [-0.4, -0.2) is 65.6 Å². The number of urea groups is 1. The van der Waals surface area contributed by atoms with E-state index in [-0.39, 0.29) is 19.1 Å². The van der Waals surface area contributed by atoms with Crippen molar-refractivity contribution in [3.8, 4) is 0 Å². The molecule has 7 nitrogen and oxygen atoms in total. The molecular formula is C11H20N2O5. The first-order chi connectivity index (χ1) is 8.54. The molecule has 0 aromatic rings. The number of aliphatic carboxylic acids is 1. The summed E-state index contributed by atoms with van der Waals surface area (Å²) >= 11 is 0. The standard InChI is InChI=1S/C11H20N2O5/c1-8-7-13(4-2-6-18-8)11(17)12-9(3-5-14)10(15)16/h8-9,14H,2-7H2,1H3,(H,12,17)(H,15,16)/t8?,9-/m1/s1. The van der Waals surface area contributed by atoms with Crippen molar-refractivity contribution in [1.29, 1.82) is 0 Å². The van der Waals surface area contributed by atoms with Gasteiger partial charge in [-0.3, -0.25) is 0 Å². The minimum absolute atomic E-state index is 0.000959. The van der Waals surface area contributed by atoms with Gasteiger partial charge in [-0.2, -0.15) is 0 Å². The number of ether oxygens (including phenoxy) is 1. The molecule has 1 rings (SSSR count). The summed E-state index contributed by atoms with van der Waals surface area (Å²) in [7, 11) is 0. The van der Waals surface area contributed by atoms with Crippen LogP contribution in [0.5, 0.6) is 0 Å². The maximum Gasteiger partial charge on any atom is 0.326 e. The van der Waals surface area contributed by atoms with Crippen LogP contribution in [-0.2, 0) is 9.53 Å². The second kappa shape index (κ2) is 7.17. The van der Waals surface area contributed by atoms with E-state index in [1.807, 2.05) is 6.92 Å². The van der Waals surface area contributed by atoms with Crippen LogP contribution in [0.1, 0.15) is 19.8 Å². The Morgan fingerprint density at radius 2 is 2.28 bits per heavy atom. The quantitative estimate of drug-likeness (QED) is 0.641. The highest BCUT2D eigenvalue weighted by Crippen LogP contribution is 2.06. The van der Waals surface area contributed by atoms with Gasteiger partial charge in [0.1, 0.15) is 6.04 Å². The number of hydrogen-bond acceptors (Lipinski definition) is 4. The summed E-state index contributed by atoms with van der Waals surface area (Å²) in [5.41, 5.74) is 0. The van der Waals surface area contributed by atoms with Gasteiger partial charge in [-0.1, -0.05) is 0 Å². The summed E-state index contributed by atoms with van der Waals surface area (Å²) in [6.07, 6.45) is 0.676. The average molecular weight is 260 g/mol. The third-order valence-corrected chi connectivity index (χ3v) is 2.75. The molecule has 18 heavy (non-hydrogen) atoms. The number of nitrogens with zero attached hydrogens (tertiary/aromatic N) is 1. The molecule has 7 heteroatoms. The number of carbonyl (C=O) groups is 2. The molecule has 1 heterocycles. The molecule has 0 saturated carbocycles. The lowest BCUT2D eigenvalue weighted by molar-refractivity contribution is -0.139. The first kappa shape index (κ1) is 14.7. The zero-order valence-corrected chi connectivity index (χ0v) is 10.5. The maximum absolute atomic E-state index is 11.9. The first-order valence-corrected chi connectivity index (χ1v) is 6.05. The lowest BCUT2D eigenvalue weighted by Gasteiger charge is -2.24. The molecule has 0 radical (unpaired) electrons. The van der Waals surface area contributed by atoms with Crippen molar-refractivity contribution in [2.75, 3.05) is 26.3 Å². The van der Waals surface area contributed by atoms with Crippen molar-refractivity contribution in [2.45, 2.75) is 31.9 Å². The van der Waals surface area contributed by atoms with E-state index in [1.165, 1.54) is 0 Å². The van der Waals surface area contributed by atoms with Crippen molar-refractivity contribution in [3.05, 3.63) is 0 Å². The van der Waals surface area contributed by atoms with Crippen molar-refractivity contribution < 1.29 is 24.5 Å². The van der Waals surface area contributed by atoms with Gasteiger partial charge >= 0.3 is 12.0 Å². The SMILES string of the molecule is CC1CN(C(=O)N[C@H](CCO)C(=O)O)CCCO1. The maximum atomic E-state index is 11.9. The number of aliphatic hydroxyl groups is 1. The van der Waals surface area contributed by atoms with Gasteiger partial charge in [0.15, 0.2) is 0 Å². The molecule has 2 atom stereocenters. The minimum atomic E-state index is -1.14. The third-order valence-electron chi connectivity index (χ3n) is 2.75. The largest absolute Gasteiger partial charge is 0.480 e. The van der Waals surface area contributed by atoms with Crippen LogP contribution in [0.3, 0.4) is 0 Å². The van der Waals surface area contributed by atoms with Gasteiger partial charge in [0.25, 0.3) is 0 Å². The average Bonchev–Trinajstić information content (AvgIpc) is 2.53. The van der Waals surface area contributed by atoms with E-state index in [0.717, 1.165) is 6.42 Å². The van der Waals surface area contributed by atoms with Crippen molar-refractivity contribution in [1.82, 2.24) is 10.2 Å². The number of rotatable bonds is 4. The van der Waals surface area contributed by atoms with Gasteiger partial charge in [-0.25, -0.2) is 9.59 Å². The number of carboxylic acid groups (broad SMARTS) is 1. The Labute approximate surface area is 106 Å². The summed E-state index contributed by atoms with van der Waals surface area (Å²) in [5, 5.41) is 20.0. The minimum Gasteiger partial charge on any atom is -0.480 e. The monoisotopic (exact) mass is 260 g/mol. The number of carboxylic acids is 1. The zero-order chi connectivity index (χ0) is 13.5. The molecule has 1 aliphatic heterocycles. The lowest BCUT2D eigenvalue weighted by Crippen LogP contribution is -2.49. The zero-order valence-electron chi connectivity index (χ0n) is 10.5. The molecule has 0 aromatic heterocycles. The fourth-order valence-electron chi connectivity index (χ4n) is 1.81. The molecule has 2 amide bonds. The van der Waals surface area contributed by atoms with E-state index in [4.69, 9.17) is 14.9 Å². The van der Waals surface area contributed by atoms with E-state index < -0.39 is 18.0 Å². The first-order valence-electron chi connectivity index (χ1n) is 6.05. The van der Waals surface area contributed by atoms with E-state index in [1.54, 1.807) is 4.90 Å². The normalized spacial score (nSPS) is 22.1. The van der Waals surface area contributed by atoms with E-state index >= 15 is 0 Å². The summed E-state index contributed by atoms with van der Waals surface area (Å²) in [6, 6.07) is -1.48. The molecule has 1 fully saturated rings. The molecule has 104 valence electrons. The Bertz CT molecular complexity index is 297.